The third-order valence-corrected chi connectivity index (χ3v) is 3.79. The summed E-state index contributed by atoms with van der Waals surface area (Å²) in [5.74, 6) is 1.51. The zero-order chi connectivity index (χ0) is 13.7. The van der Waals surface area contributed by atoms with Gasteiger partial charge in [0.1, 0.15) is 5.75 Å². The van der Waals surface area contributed by atoms with E-state index in [9.17, 15) is 4.79 Å². The van der Waals surface area contributed by atoms with Crippen LogP contribution in [0.25, 0.3) is 0 Å². The summed E-state index contributed by atoms with van der Waals surface area (Å²) in [7, 11) is 1.61. The second kappa shape index (κ2) is 6.57. The predicted molar refractivity (Wildman–Crippen MR) is 75.3 cm³/mol. The number of carbonyl (C=O) groups excluding carboxylic acids is 1. The number of nitrogens with two attached hydrogens (primary N) is 1. The van der Waals surface area contributed by atoms with Crippen molar-refractivity contribution >= 4 is 5.91 Å². The largest absolute Gasteiger partial charge is 0.497 e. The van der Waals surface area contributed by atoms with Crippen molar-refractivity contribution in [1.29, 1.82) is 0 Å². The minimum absolute atomic E-state index is 0.102. The van der Waals surface area contributed by atoms with Crippen molar-refractivity contribution in [3.05, 3.63) is 29.8 Å². The molecule has 2 N–H and O–H groups in total. The summed E-state index contributed by atoms with van der Waals surface area (Å²) < 4.78 is 5.16. The number of nitrogens with zero attached hydrogens (tertiary/aromatic N) is 1. The second-order valence-electron chi connectivity index (χ2n) is 5.04. The number of benzene rings is 1. The van der Waals surface area contributed by atoms with Gasteiger partial charge < -0.3 is 15.4 Å². The highest BCUT2D eigenvalue weighted by Gasteiger charge is 2.23. The number of hydrogen-bond donors (Lipinski definition) is 1. The summed E-state index contributed by atoms with van der Waals surface area (Å²) in [5, 5.41) is 0. The standard InChI is InChI=1S/C15H22N2O2/c1-19-14-4-2-3-13(11-14)15(18)17-9-6-12(5-8-16)7-10-17/h2-4,11-12H,5-10,16H2,1H3. The van der Waals surface area contributed by atoms with Crippen LogP contribution in [0, 0.1) is 5.92 Å². The zero-order valence-corrected chi connectivity index (χ0v) is 11.5. The summed E-state index contributed by atoms with van der Waals surface area (Å²) in [6.45, 7) is 2.41. The fourth-order valence-corrected chi connectivity index (χ4v) is 2.60. The molecule has 1 aliphatic heterocycles. The maximum atomic E-state index is 12.4. The van der Waals surface area contributed by atoms with Crippen LogP contribution in [0.1, 0.15) is 29.6 Å². The molecule has 4 heteroatoms. The number of rotatable bonds is 4. The molecule has 0 spiro atoms. The van der Waals surface area contributed by atoms with Gasteiger partial charge in [-0.25, -0.2) is 0 Å². The van der Waals surface area contributed by atoms with Crippen LogP contribution in [-0.2, 0) is 0 Å². The maximum absolute atomic E-state index is 12.4. The van der Waals surface area contributed by atoms with E-state index in [4.69, 9.17) is 10.5 Å². The SMILES string of the molecule is COc1cccc(C(=O)N2CCC(CCN)CC2)c1. The molecule has 0 aromatic heterocycles. The highest BCUT2D eigenvalue weighted by molar-refractivity contribution is 5.94. The molecular formula is C15H22N2O2. The van der Waals surface area contributed by atoms with Crippen molar-refractivity contribution in [1.82, 2.24) is 4.90 Å². The van der Waals surface area contributed by atoms with Crippen molar-refractivity contribution in [3.8, 4) is 5.75 Å². The summed E-state index contributed by atoms with van der Waals surface area (Å²) in [5.41, 5.74) is 6.29. The van der Waals surface area contributed by atoms with Crippen LogP contribution in [-0.4, -0.2) is 37.6 Å². The van der Waals surface area contributed by atoms with Crippen LogP contribution in [0.5, 0.6) is 5.75 Å². The lowest BCUT2D eigenvalue weighted by Gasteiger charge is -2.32. The summed E-state index contributed by atoms with van der Waals surface area (Å²) in [6, 6.07) is 7.35. The van der Waals surface area contributed by atoms with E-state index in [0.717, 1.165) is 44.6 Å². The first kappa shape index (κ1) is 13.9. The lowest BCUT2D eigenvalue weighted by Crippen LogP contribution is -2.38. The molecule has 19 heavy (non-hydrogen) atoms. The zero-order valence-electron chi connectivity index (χ0n) is 11.5. The number of methoxy groups -OCH3 is 1. The number of hydrogen-bond acceptors (Lipinski definition) is 3. The fourth-order valence-electron chi connectivity index (χ4n) is 2.60. The van der Waals surface area contributed by atoms with E-state index in [1.165, 1.54) is 0 Å². The van der Waals surface area contributed by atoms with E-state index in [0.29, 0.717) is 11.5 Å². The van der Waals surface area contributed by atoms with E-state index in [1.54, 1.807) is 13.2 Å². The van der Waals surface area contributed by atoms with Gasteiger partial charge in [-0.1, -0.05) is 6.07 Å². The van der Waals surface area contributed by atoms with Crippen LogP contribution in [0.3, 0.4) is 0 Å². The minimum Gasteiger partial charge on any atom is -0.497 e. The van der Waals surface area contributed by atoms with Gasteiger partial charge in [0.2, 0.25) is 0 Å². The average Bonchev–Trinajstić information content (AvgIpc) is 2.48. The second-order valence-corrected chi connectivity index (χ2v) is 5.04. The van der Waals surface area contributed by atoms with E-state index in [1.807, 2.05) is 23.1 Å². The Morgan fingerprint density at radius 2 is 2.16 bits per heavy atom. The molecule has 2 rings (SSSR count). The van der Waals surface area contributed by atoms with Crippen LogP contribution >= 0.6 is 0 Å². The van der Waals surface area contributed by atoms with Gasteiger partial charge in [-0.05, 0) is 49.9 Å². The van der Waals surface area contributed by atoms with Crippen molar-refractivity contribution < 1.29 is 9.53 Å². The van der Waals surface area contributed by atoms with Gasteiger partial charge in [-0.15, -0.1) is 0 Å². The van der Waals surface area contributed by atoms with Gasteiger partial charge in [0, 0.05) is 18.7 Å². The quantitative estimate of drug-likeness (QED) is 0.901. The molecule has 0 unspecified atom stereocenters. The Labute approximate surface area is 114 Å². The Balaban J connectivity index is 1.97. The summed E-state index contributed by atoms with van der Waals surface area (Å²) >= 11 is 0. The molecule has 0 bridgehead atoms. The minimum atomic E-state index is 0.102. The lowest BCUT2D eigenvalue weighted by molar-refractivity contribution is 0.0687. The molecule has 1 saturated heterocycles. The first-order valence-corrected chi connectivity index (χ1v) is 6.88. The van der Waals surface area contributed by atoms with Crippen molar-refractivity contribution in [2.45, 2.75) is 19.3 Å². The van der Waals surface area contributed by atoms with Gasteiger partial charge in [0.05, 0.1) is 7.11 Å². The predicted octanol–water partition coefficient (Wildman–Crippen LogP) is 1.90. The van der Waals surface area contributed by atoms with Crippen LogP contribution in [0.15, 0.2) is 24.3 Å². The van der Waals surface area contributed by atoms with Crippen LogP contribution < -0.4 is 10.5 Å². The van der Waals surface area contributed by atoms with Gasteiger partial charge >= 0.3 is 0 Å². The number of amides is 1. The van der Waals surface area contributed by atoms with E-state index in [2.05, 4.69) is 0 Å². The highest BCUT2D eigenvalue weighted by Crippen LogP contribution is 2.22. The Hall–Kier alpha value is -1.55. The molecule has 0 aliphatic carbocycles. The summed E-state index contributed by atoms with van der Waals surface area (Å²) in [6.07, 6.45) is 3.20. The molecule has 1 heterocycles. The van der Waals surface area contributed by atoms with Crippen molar-refractivity contribution in [3.63, 3.8) is 0 Å². The average molecular weight is 262 g/mol. The molecule has 0 saturated carbocycles. The fraction of sp³-hybridized carbons (Fsp3) is 0.533. The van der Waals surface area contributed by atoms with Crippen molar-refractivity contribution in [2.24, 2.45) is 11.7 Å². The van der Waals surface area contributed by atoms with Gasteiger partial charge in [0.25, 0.3) is 5.91 Å². The molecule has 1 aromatic rings. The molecule has 1 aromatic carbocycles. The Kier molecular flexibility index (Phi) is 4.80. The van der Waals surface area contributed by atoms with Gasteiger partial charge in [-0.2, -0.15) is 0 Å². The summed E-state index contributed by atoms with van der Waals surface area (Å²) in [4.78, 5) is 14.3. The topological polar surface area (TPSA) is 55.6 Å². The Bertz CT molecular complexity index is 426. The molecule has 1 aliphatic rings. The lowest BCUT2D eigenvalue weighted by atomic mass is 9.93. The monoisotopic (exact) mass is 262 g/mol. The van der Waals surface area contributed by atoms with Crippen LogP contribution in [0.2, 0.25) is 0 Å². The Morgan fingerprint density at radius 1 is 1.42 bits per heavy atom. The number of likely N-dealkylation sites (tertiary alicyclic amines) is 1. The molecule has 4 nitrogen and oxygen atoms in total. The molecule has 1 amide bonds. The normalized spacial score (nSPS) is 16.4. The molecule has 0 atom stereocenters. The number of ether oxygens (including phenoxy) is 1. The Morgan fingerprint density at radius 3 is 2.79 bits per heavy atom. The number of piperidine rings is 1. The van der Waals surface area contributed by atoms with Gasteiger partial charge in [-0.3, -0.25) is 4.79 Å². The molecular weight excluding hydrogens is 240 g/mol. The van der Waals surface area contributed by atoms with E-state index in [-0.39, 0.29) is 5.91 Å². The van der Waals surface area contributed by atoms with Crippen LogP contribution in [0.4, 0.5) is 0 Å². The van der Waals surface area contributed by atoms with Crippen molar-refractivity contribution in [2.75, 3.05) is 26.7 Å². The molecule has 0 radical (unpaired) electrons. The molecule has 1 fully saturated rings. The van der Waals surface area contributed by atoms with E-state index >= 15 is 0 Å². The smallest absolute Gasteiger partial charge is 0.253 e. The third-order valence-electron chi connectivity index (χ3n) is 3.79. The third kappa shape index (κ3) is 3.47. The molecule has 104 valence electrons. The number of carbonyl (C=O) groups is 1. The first-order chi connectivity index (χ1) is 9.24. The van der Waals surface area contributed by atoms with E-state index < -0.39 is 0 Å². The first-order valence-electron chi connectivity index (χ1n) is 6.88. The van der Waals surface area contributed by atoms with Gasteiger partial charge in [0.15, 0.2) is 0 Å². The highest BCUT2D eigenvalue weighted by atomic mass is 16.5. The maximum Gasteiger partial charge on any atom is 0.253 e.